The van der Waals surface area contributed by atoms with Gasteiger partial charge in [-0.25, -0.2) is 0 Å². The van der Waals surface area contributed by atoms with Gasteiger partial charge in [0.25, 0.3) is 0 Å². The van der Waals surface area contributed by atoms with Gasteiger partial charge in [-0.1, -0.05) is 25.1 Å². The number of para-hydroxylation sites is 1. The Morgan fingerprint density at radius 2 is 1.78 bits per heavy atom. The first-order valence-electron chi connectivity index (χ1n) is 7.86. The number of ether oxygens (including phenoxy) is 3. The molecular weight excluding hydrogens is 290 g/mol. The largest absolute Gasteiger partial charge is 0.497 e. The third-order valence-electron chi connectivity index (χ3n) is 3.77. The predicted molar refractivity (Wildman–Crippen MR) is 93.9 cm³/mol. The standard InChI is InChI=1S/C19H25NO3/c1-5-15(23-18-9-7-6-8-14(18)2)13-20-17-12-16(21-3)10-11-19(17)22-4/h6-12,15,20H,5,13H2,1-4H3. The zero-order valence-electron chi connectivity index (χ0n) is 14.3. The summed E-state index contributed by atoms with van der Waals surface area (Å²) in [5.41, 5.74) is 2.04. The lowest BCUT2D eigenvalue weighted by atomic mass is 10.2. The molecule has 1 unspecified atom stereocenters. The average molecular weight is 315 g/mol. The Kier molecular flexibility index (Phi) is 6.15. The third kappa shape index (κ3) is 4.55. The Morgan fingerprint density at radius 1 is 1.00 bits per heavy atom. The molecule has 0 saturated carbocycles. The molecule has 0 heterocycles. The van der Waals surface area contributed by atoms with Gasteiger partial charge in [-0.3, -0.25) is 0 Å². The second-order valence-electron chi connectivity index (χ2n) is 5.36. The molecule has 0 aromatic heterocycles. The highest BCUT2D eigenvalue weighted by Gasteiger charge is 2.12. The second kappa shape index (κ2) is 8.32. The highest BCUT2D eigenvalue weighted by atomic mass is 16.5. The third-order valence-corrected chi connectivity index (χ3v) is 3.77. The highest BCUT2D eigenvalue weighted by Crippen LogP contribution is 2.29. The van der Waals surface area contributed by atoms with E-state index in [0.717, 1.165) is 34.9 Å². The summed E-state index contributed by atoms with van der Waals surface area (Å²) in [5, 5.41) is 3.40. The van der Waals surface area contributed by atoms with Gasteiger partial charge in [-0.05, 0) is 37.1 Å². The zero-order valence-corrected chi connectivity index (χ0v) is 14.3. The molecule has 0 bridgehead atoms. The first kappa shape index (κ1) is 17.0. The van der Waals surface area contributed by atoms with Crippen molar-refractivity contribution in [1.82, 2.24) is 0 Å². The molecule has 0 aliphatic heterocycles. The zero-order chi connectivity index (χ0) is 16.7. The molecule has 0 fully saturated rings. The fraction of sp³-hybridized carbons (Fsp3) is 0.368. The molecule has 124 valence electrons. The molecule has 2 rings (SSSR count). The van der Waals surface area contributed by atoms with E-state index in [0.29, 0.717) is 6.54 Å². The van der Waals surface area contributed by atoms with Crippen LogP contribution >= 0.6 is 0 Å². The first-order chi connectivity index (χ1) is 11.2. The molecule has 4 heteroatoms. The molecule has 2 aromatic carbocycles. The van der Waals surface area contributed by atoms with Crippen LogP contribution in [0.5, 0.6) is 17.2 Å². The number of hydrogen-bond donors (Lipinski definition) is 1. The maximum Gasteiger partial charge on any atom is 0.142 e. The summed E-state index contributed by atoms with van der Waals surface area (Å²) < 4.78 is 16.8. The lowest BCUT2D eigenvalue weighted by Crippen LogP contribution is -2.25. The number of benzene rings is 2. The van der Waals surface area contributed by atoms with Gasteiger partial charge >= 0.3 is 0 Å². The van der Waals surface area contributed by atoms with Crippen LogP contribution in [-0.2, 0) is 0 Å². The van der Waals surface area contributed by atoms with Crippen molar-refractivity contribution >= 4 is 5.69 Å². The Bertz CT molecular complexity index is 628. The summed E-state index contributed by atoms with van der Waals surface area (Å²) >= 11 is 0. The maximum atomic E-state index is 6.11. The number of hydrogen-bond acceptors (Lipinski definition) is 4. The van der Waals surface area contributed by atoms with Gasteiger partial charge < -0.3 is 19.5 Å². The van der Waals surface area contributed by atoms with E-state index in [1.807, 2.05) is 36.4 Å². The summed E-state index contributed by atoms with van der Waals surface area (Å²) in [5.74, 6) is 2.51. The fourth-order valence-corrected chi connectivity index (χ4v) is 2.31. The van der Waals surface area contributed by atoms with E-state index < -0.39 is 0 Å². The van der Waals surface area contributed by atoms with E-state index in [9.17, 15) is 0 Å². The normalized spacial score (nSPS) is 11.7. The second-order valence-corrected chi connectivity index (χ2v) is 5.36. The van der Waals surface area contributed by atoms with Crippen molar-refractivity contribution in [3.63, 3.8) is 0 Å². The average Bonchev–Trinajstić information content (AvgIpc) is 2.59. The maximum absolute atomic E-state index is 6.11. The van der Waals surface area contributed by atoms with E-state index >= 15 is 0 Å². The van der Waals surface area contributed by atoms with Gasteiger partial charge in [-0.2, -0.15) is 0 Å². The number of aryl methyl sites for hydroxylation is 1. The van der Waals surface area contributed by atoms with Gasteiger partial charge in [0.15, 0.2) is 0 Å². The summed E-state index contributed by atoms with van der Waals surface area (Å²) in [6.45, 7) is 4.86. The number of anilines is 1. The number of nitrogens with one attached hydrogen (secondary N) is 1. The van der Waals surface area contributed by atoms with Crippen LogP contribution in [0.3, 0.4) is 0 Å². The summed E-state index contributed by atoms with van der Waals surface area (Å²) in [6.07, 6.45) is 0.986. The van der Waals surface area contributed by atoms with Gasteiger partial charge in [0, 0.05) is 6.07 Å². The summed E-state index contributed by atoms with van der Waals surface area (Å²) in [7, 11) is 3.32. The minimum Gasteiger partial charge on any atom is -0.497 e. The fourth-order valence-electron chi connectivity index (χ4n) is 2.31. The van der Waals surface area contributed by atoms with Crippen molar-refractivity contribution in [2.45, 2.75) is 26.4 Å². The smallest absolute Gasteiger partial charge is 0.142 e. The van der Waals surface area contributed by atoms with Crippen LogP contribution in [0.15, 0.2) is 42.5 Å². The van der Waals surface area contributed by atoms with Crippen LogP contribution in [0.4, 0.5) is 5.69 Å². The molecule has 0 aliphatic carbocycles. The molecule has 4 nitrogen and oxygen atoms in total. The van der Waals surface area contributed by atoms with Gasteiger partial charge in [0.05, 0.1) is 26.5 Å². The van der Waals surface area contributed by atoms with Crippen LogP contribution in [0.1, 0.15) is 18.9 Å². The lowest BCUT2D eigenvalue weighted by Gasteiger charge is -2.21. The van der Waals surface area contributed by atoms with E-state index in [1.165, 1.54) is 0 Å². The summed E-state index contributed by atoms with van der Waals surface area (Å²) in [4.78, 5) is 0. The van der Waals surface area contributed by atoms with Crippen molar-refractivity contribution in [3.05, 3.63) is 48.0 Å². The predicted octanol–water partition coefficient (Wildman–Crippen LogP) is 4.28. The van der Waals surface area contributed by atoms with Gasteiger partial charge in [0.1, 0.15) is 23.4 Å². The number of methoxy groups -OCH3 is 2. The molecular formula is C19H25NO3. The van der Waals surface area contributed by atoms with Crippen molar-refractivity contribution in [1.29, 1.82) is 0 Å². The van der Waals surface area contributed by atoms with Crippen molar-refractivity contribution in [2.75, 3.05) is 26.1 Å². The van der Waals surface area contributed by atoms with Crippen molar-refractivity contribution < 1.29 is 14.2 Å². The molecule has 0 aliphatic rings. The topological polar surface area (TPSA) is 39.7 Å². The monoisotopic (exact) mass is 315 g/mol. The molecule has 0 amide bonds. The lowest BCUT2D eigenvalue weighted by molar-refractivity contribution is 0.208. The molecule has 23 heavy (non-hydrogen) atoms. The first-order valence-corrected chi connectivity index (χ1v) is 7.86. The summed E-state index contributed by atoms with van der Waals surface area (Å²) in [6, 6.07) is 13.8. The molecule has 0 radical (unpaired) electrons. The Labute approximate surface area is 138 Å². The van der Waals surface area contributed by atoms with E-state index in [1.54, 1.807) is 14.2 Å². The van der Waals surface area contributed by atoms with E-state index in [-0.39, 0.29) is 6.10 Å². The SMILES string of the molecule is CCC(CNc1cc(OC)ccc1OC)Oc1ccccc1C. The van der Waals surface area contributed by atoms with Gasteiger partial charge in [-0.15, -0.1) is 0 Å². The minimum absolute atomic E-state index is 0.0759. The van der Waals surface area contributed by atoms with Crippen LogP contribution < -0.4 is 19.5 Å². The van der Waals surface area contributed by atoms with E-state index in [4.69, 9.17) is 14.2 Å². The van der Waals surface area contributed by atoms with Gasteiger partial charge in [0.2, 0.25) is 0 Å². The minimum atomic E-state index is 0.0759. The molecule has 0 saturated heterocycles. The highest BCUT2D eigenvalue weighted by molar-refractivity contribution is 5.59. The molecule has 2 aromatic rings. The van der Waals surface area contributed by atoms with Crippen LogP contribution in [0.2, 0.25) is 0 Å². The van der Waals surface area contributed by atoms with Crippen LogP contribution in [0.25, 0.3) is 0 Å². The van der Waals surface area contributed by atoms with Crippen molar-refractivity contribution in [3.8, 4) is 17.2 Å². The molecule has 1 N–H and O–H groups in total. The molecule has 1 atom stereocenters. The Hall–Kier alpha value is -2.36. The molecule has 0 spiro atoms. The Morgan fingerprint density at radius 3 is 2.43 bits per heavy atom. The Balaban J connectivity index is 2.04. The van der Waals surface area contributed by atoms with Crippen molar-refractivity contribution in [2.24, 2.45) is 0 Å². The quantitative estimate of drug-likeness (QED) is 0.789. The van der Waals surface area contributed by atoms with E-state index in [2.05, 4.69) is 25.2 Å². The van der Waals surface area contributed by atoms with Crippen LogP contribution in [-0.4, -0.2) is 26.9 Å². The number of rotatable bonds is 8. The van der Waals surface area contributed by atoms with Crippen LogP contribution in [0, 0.1) is 6.92 Å².